The number of fused-ring (bicyclic) bond motifs is 1. The van der Waals surface area contributed by atoms with Gasteiger partial charge in [-0.1, -0.05) is 18.2 Å². The largest absolute Gasteiger partial charge is 0.457 e. The highest BCUT2D eigenvalue weighted by atomic mass is 16.5. The van der Waals surface area contributed by atoms with E-state index in [9.17, 15) is 4.79 Å². The van der Waals surface area contributed by atoms with Crippen molar-refractivity contribution in [2.75, 3.05) is 0 Å². The topological polar surface area (TPSA) is 70.2 Å². The molecule has 5 nitrogen and oxygen atoms in total. The van der Waals surface area contributed by atoms with Crippen molar-refractivity contribution >= 4 is 22.9 Å². The van der Waals surface area contributed by atoms with Gasteiger partial charge in [-0.05, 0) is 60.2 Å². The number of aliphatic imine (C=N–C) groups is 1. The van der Waals surface area contributed by atoms with Gasteiger partial charge in [0.1, 0.15) is 11.5 Å². The van der Waals surface area contributed by atoms with E-state index in [-0.39, 0.29) is 5.69 Å². The minimum absolute atomic E-state index is 0.217. The molecule has 122 valence electrons. The highest BCUT2D eigenvalue weighted by Gasteiger charge is 1.99. The van der Waals surface area contributed by atoms with Gasteiger partial charge in [0.15, 0.2) is 0 Å². The molecule has 0 spiro atoms. The lowest BCUT2D eigenvalue weighted by Gasteiger charge is -2.05. The van der Waals surface area contributed by atoms with E-state index in [0.29, 0.717) is 0 Å². The van der Waals surface area contributed by atoms with Crippen LogP contribution in [0, 0.1) is 0 Å². The number of aromatic amines is 2. The van der Waals surface area contributed by atoms with Crippen LogP contribution in [0.25, 0.3) is 11.0 Å². The van der Waals surface area contributed by atoms with Gasteiger partial charge in [0.05, 0.1) is 16.7 Å². The van der Waals surface area contributed by atoms with Gasteiger partial charge in [0.2, 0.25) is 0 Å². The van der Waals surface area contributed by atoms with Gasteiger partial charge in [-0.2, -0.15) is 0 Å². The van der Waals surface area contributed by atoms with Gasteiger partial charge in [-0.25, -0.2) is 4.79 Å². The van der Waals surface area contributed by atoms with E-state index in [4.69, 9.17) is 4.74 Å². The molecule has 0 saturated heterocycles. The lowest BCUT2D eigenvalue weighted by atomic mass is 10.2. The second kappa shape index (κ2) is 6.49. The Morgan fingerprint density at radius 3 is 2.32 bits per heavy atom. The van der Waals surface area contributed by atoms with E-state index < -0.39 is 0 Å². The summed E-state index contributed by atoms with van der Waals surface area (Å²) in [6, 6.07) is 22.9. The summed E-state index contributed by atoms with van der Waals surface area (Å²) in [7, 11) is 0. The number of H-pyrrole nitrogens is 2. The highest BCUT2D eigenvalue weighted by molar-refractivity contribution is 5.84. The minimum Gasteiger partial charge on any atom is -0.457 e. The maximum atomic E-state index is 11.3. The van der Waals surface area contributed by atoms with E-state index >= 15 is 0 Å². The van der Waals surface area contributed by atoms with Crippen molar-refractivity contribution in [2.24, 2.45) is 4.99 Å². The first-order valence-corrected chi connectivity index (χ1v) is 7.85. The van der Waals surface area contributed by atoms with Crippen LogP contribution in [-0.2, 0) is 0 Å². The van der Waals surface area contributed by atoms with E-state index in [2.05, 4.69) is 15.0 Å². The lowest BCUT2D eigenvalue weighted by molar-refractivity contribution is 0.482. The Kier molecular flexibility index (Phi) is 3.88. The summed E-state index contributed by atoms with van der Waals surface area (Å²) < 4.78 is 5.76. The molecule has 0 aliphatic rings. The first-order valence-electron chi connectivity index (χ1n) is 7.85. The molecule has 0 atom stereocenters. The molecule has 0 aliphatic heterocycles. The number of rotatable bonds is 4. The van der Waals surface area contributed by atoms with Crippen molar-refractivity contribution < 1.29 is 4.74 Å². The van der Waals surface area contributed by atoms with Crippen molar-refractivity contribution in [3.63, 3.8) is 0 Å². The van der Waals surface area contributed by atoms with E-state index in [0.717, 1.165) is 33.8 Å². The van der Waals surface area contributed by atoms with Crippen LogP contribution >= 0.6 is 0 Å². The fourth-order valence-corrected chi connectivity index (χ4v) is 2.50. The predicted octanol–water partition coefficient (Wildman–Crippen LogP) is 4.40. The maximum Gasteiger partial charge on any atom is 0.323 e. The van der Waals surface area contributed by atoms with Gasteiger partial charge in [-0.3, -0.25) is 4.99 Å². The van der Waals surface area contributed by atoms with Crippen molar-refractivity contribution in [1.29, 1.82) is 0 Å². The third kappa shape index (κ3) is 3.50. The molecule has 0 unspecified atom stereocenters. The molecule has 0 radical (unpaired) electrons. The summed E-state index contributed by atoms with van der Waals surface area (Å²) in [6.45, 7) is 0. The SMILES string of the molecule is O=c1[nH]c2ccc(N=Cc3ccc(Oc4ccccc4)cc3)cc2[nH]1. The fourth-order valence-electron chi connectivity index (χ4n) is 2.50. The van der Waals surface area contributed by atoms with Crippen molar-refractivity contribution in [2.45, 2.75) is 0 Å². The van der Waals surface area contributed by atoms with Crippen LogP contribution in [0.2, 0.25) is 0 Å². The Hall–Kier alpha value is -3.60. The number of benzene rings is 3. The predicted molar refractivity (Wildman–Crippen MR) is 99.1 cm³/mol. The van der Waals surface area contributed by atoms with Crippen LogP contribution in [0.4, 0.5) is 5.69 Å². The molecule has 0 bridgehead atoms. The van der Waals surface area contributed by atoms with Crippen LogP contribution in [0.3, 0.4) is 0 Å². The van der Waals surface area contributed by atoms with Crippen molar-refractivity contribution in [3.05, 3.63) is 88.8 Å². The van der Waals surface area contributed by atoms with Crippen molar-refractivity contribution in [1.82, 2.24) is 9.97 Å². The third-order valence-corrected chi connectivity index (χ3v) is 3.72. The molecular weight excluding hydrogens is 314 g/mol. The molecule has 0 fully saturated rings. The molecular formula is C20H15N3O2. The second-order valence-electron chi connectivity index (χ2n) is 5.55. The number of hydrogen-bond donors (Lipinski definition) is 2. The molecule has 4 rings (SSSR count). The highest BCUT2D eigenvalue weighted by Crippen LogP contribution is 2.21. The summed E-state index contributed by atoms with van der Waals surface area (Å²) in [5.74, 6) is 1.58. The lowest BCUT2D eigenvalue weighted by Crippen LogP contribution is -1.99. The number of ether oxygens (including phenoxy) is 1. The normalized spacial score (nSPS) is 11.2. The monoisotopic (exact) mass is 329 g/mol. The average molecular weight is 329 g/mol. The molecule has 1 heterocycles. The van der Waals surface area contributed by atoms with Gasteiger partial charge in [0.25, 0.3) is 0 Å². The third-order valence-electron chi connectivity index (χ3n) is 3.72. The van der Waals surface area contributed by atoms with Crippen LogP contribution < -0.4 is 10.4 Å². The quantitative estimate of drug-likeness (QED) is 0.545. The molecule has 0 aliphatic carbocycles. The van der Waals surface area contributed by atoms with Gasteiger partial charge < -0.3 is 14.7 Å². The standard InChI is InChI=1S/C20H15N3O2/c24-20-22-18-11-8-15(12-19(18)23-20)21-13-14-6-9-17(10-7-14)25-16-4-2-1-3-5-16/h1-13H,(H2,22,23,24). The first-order chi connectivity index (χ1) is 12.3. The molecule has 25 heavy (non-hydrogen) atoms. The second-order valence-corrected chi connectivity index (χ2v) is 5.55. The molecule has 0 saturated carbocycles. The Morgan fingerprint density at radius 2 is 1.52 bits per heavy atom. The average Bonchev–Trinajstić information content (AvgIpc) is 3.01. The first kappa shape index (κ1) is 15.0. The summed E-state index contributed by atoms with van der Waals surface area (Å²) in [5, 5.41) is 0. The molecule has 5 heteroatoms. The van der Waals surface area contributed by atoms with Crippen LogP contribution in [0.1, 0.15) is 5.56 Å². The molecule has 4 aromatic rings. The van der Waals surface area contributed by atoms with Gasteiger partial charge in [0, 0.05) is 6.21 Å². The Morgan fingerprint density at radius 1 is 0.800 bits per heavy atom. The van der Waals surface area contributed by atoms with Crippen molar-refractivity contribution in [3.8, 4) is 11.5 Å². The van der Waals surface area contributed by atoms with Crippen LogP contribution in [0.5, 0.6) is 11.5 Å². The summed E-state index contributed by atoms with van der Waals surface area (Å²) in [6.07, 6.45) is 1.78. The number of imidazole rings is 1. The zero-order valence-electron chi connectivity index (χ0n) is 13.3. The fraction of sp³-hybridized carbons (Fsp3) is 0. The molecule has 2 N–H and O–H groups in total. The number of para-hydroxylation sites is 1. The summed E-state index contributed by atoms with van der Waals surface area (Å²) in [5.41, 5.74) is 3.03. The number of nitrogens with zero attached hydrogens (tertiary/aromatic N) is 1. The smallest absolute Gasteiger partial charge is 0.323 e. The van der Waals surface area contributed by atoms with E-state index in [1.807, 2.05) is 72.8 Å². The number of nitrogens with one attached hydrogen (secondary N) is 2. The maximum absolute atomic E-state index is 11.3. The zero-order chi connectivity index (χ0) is 17.1. The Bertz CT molecular complexity index is 1080. The van der Waals surface area contributed by atoms with E-state index in [1.54, 1.807) is 6.21 Å². The number of aromatic nitrogens is 2. The molecule has 1 aromatic heterocycles. The summed E-state index contributed by atoms with van der Waals surface area (Å²) >= 11 is 0. The number of hydrogen-bond acceptors (Lipinski definition) is 3. The Balaban J connectivity index is 1.49. The summed E-state index contributed by atoms with van der Waals surface area (Å²) in [4.78, 5) is 21.2. The zero-order valence-corrected chi connectivity index (χ0v) is 13.3. The van der Waals surface area contributed by atoms with E-state index in [1.165, 1.54) is 0 Å². The molecule has 3 aromatic carbocycles. The van der Waals surface area contributed by atoms with Crippen LogP contribution in [0.15, 0.2) is 82.6 Å². The van der Waals surface area contributed by atoms with Gasteiger partial charge in [-0.15, -0.1) is 0 Å². The molecule has 0 amide bonds. The minimum atomic E-state index is -0.217. The van der Waals surface area contributed by atoms with Crippen LogP contribution in [-0.4, -0.2) is 16.2 Å². The van der Waals surface area contributed by atoms with Gasteiger partial charge >= 0.3 is 5.69 Å². The Labute approximate surface area is 143 Å².